The molecule has 0 unspecified atom stereocenters. The van der Waals surface area contributed by atoms with E-state index in [0.29, 0.717) is 5.25 Å². The van der Waals surface area contributed by atoms with E-state index in [0.717, 1.165) is 10.5 Å². The first-order valence-corrected chi connectivity index (χ1v) is 5.67. The van der Waals surface area contributed by atoms with Gasteiger partial charge in [0.1, 0.15) is 0 Å². The summed E-state index contributed by atoms with van der Waals surface area (Å²) in [5, 5.41) is 12.2. The van der Waals surface area contributed by atoms with Crippen LogP contribution in [0.1, 0.15) is 25.0 Å². The van der Waals surface area contributed by atoms with Crippen molar-refractivity contribution in [1.29, 1.82) is 0 Å². The Morgan fingerprint density at radius 2 is 2.13 bits per heavy atom. The number of oxime groups is 1. The van der Waals surface area contributed by atoms with Gasteiger partial charge in [-0.25, -0.2) is 0 Å². The molecule has 0 aliphatic heterocycles. The Hall–Kier alpha value is -1.16. The van der Waals surface area contributed by atoms with Gasteiger partial charge in [-0.2, -0.15) is 0 Å². The summed E-state index contributed by atoms with van der Waals surface area (Å²) < 4.78 is 0. The van der Waals surface area contributed by atoms with Gasteiger partial charge in [-0.3, -0.25) is 0 Å². The maximum absolute atomic E-state index is 8.67. The molecule has 0 spiro atoms. The Balaban J connectivity index is 3.14. The molecule has 4 heteroatoms. The third-order valence-corrected chi connectivity index (χ3v) is 2.95. The fraction of sp³-hybridized carbons (Fsp3) is 0.364. The highest BCUT2D eigenvalue weighted by Gasteiger charge is 2.09. The van der Waals surface area contributed by atoms with Gasteiger partial charge in [0.25, 0.3) is 0 Å². The number of nitrogens with zero attached hydrogens (tertiary/aromatic N) is 1. The summed E-state index contributed by atoms with van der Waals surface area (Å²) in [5.41, 5.74) is 7.57. The topological polar surface area (TPSA) is 58.6 Å². The van der Waals surface area contributed by atoms with Crippen LogP contribution in [-0.2, 0) is 0 Å². The molecule has 0 fully saturated rings. The summed E-state index contributed by atoms with van der Waals surface area (Å²) in [4.78, 5) is 1.06. The lowest BCUT2D eigenvalue weighted by atomic mass is 10.1. The van der Waals surface area contributed by atoms with Crippen molar-refractivity contribution >= 4 is 17.6 Å². The lowest BCUT2D eigenvalue weighted by Gasteiger charge is -2.10. The minimum atomic E-state index is 0.165. The lowest BCUT2D eigenvalue weighted by molar-refractivity contribution is 0.318. The average Bonchev–Trinajstić information content (AvgIpc) is 2.16. The van der Waals surface area contributed by atoms with Crippen LogP contribution < -0.4 is 5.73 Å². The maximum atomic E-state index is 8.67. The van der Waals surface area contributed by atoms with Gasteiger partial charge in [0.2, 0.25) is 0 Å². The predicted octanol–water partition coefficient (Wildman–Crippen LogP) is 2.59. The first-order chi connectivity index (χ1) is 7.04. The summed E-state index contributed by atoms with van der Waals surface area (Å²) >= 11 is 1.71. The molecular weight excluding hydrogens is 208 g/mol. The molecule has 0 saturated heterocycles. The van der Waals surface area contributed by atoms with Gasteiger partial charge >= 0.3 is 0 Å². The van der Waals surface area contributed by atoms with Gasteiger partial charge in [-0.15, -0.1) is 11.8 Å². The number of rotatable bonds is 3. The van der Waals surface area contributed by atoms with E-state index in [1.54, 1.807) is 11.8 Å². The summed E-state index contributed by atoms with van der Waals surface area (Å²) in [7, 11) is 0. The highest BCUT2D eigenvalue weighted by atomic mass is 32.2. The second kappa shape index (κ2) is 5.07. The van der Waals surface area contributed by atoms with Gasteiger partial charge in [0.05, 0.1) is 0 Å². The standard InChI is InChI=1S/C11H16N2OS/c1-7(2)15-10-6-8(3)4-5-9(10)11(12)13-14/h4-7,14H,1-3H3,(H2,12,13). The van der Waals surface area contributed by atoms with E-state index in [1.165, 1.54) is 5.56 Å². The number of thioether (sulfide) groups is 1. The number of benzene rings is 1. The Morgan fingerprint density at radius 1 is 1.47 bits per heavy atom. The van der Waals surface area contributed by atoms with Crippen molar-refractivity contribution in [3.63, 3.8) is 0 Å². The Labute approximate surface area is 94.4 Å². The van der Waals surface area contributed by atoms with Gasteiger partial charge in [-0.05, 0) is 24.6 Å². The number of hydrogen-bond acceptors (Lipinski definition) is 3. The summed E-state index contributed by atoms with van der Waals surface area (Å²) in [6.07, 6.45) is 0. The van der Waals surface area contributed by atoms with Crippen molar-refractivity contribution in [2.24, 2.45) is 10.9 Å². The fourth-order valence-corrected chi connectivity index (χ4v) is 2.31. The molecule has 0 amide bonds. The Morgan fingerprint density at radius 3 is 2.67 bits per heavy atom. The number of hydrogen-bond donors (Lipinski definition) is 2. The van der Waals surface area contributed by atoms with Crippen LogP contribution in [0.3, 0.4) is 0 Å². The van der Waals surface area contributed by atoms with Crippen molar-refractivity contribution < 1.29 is 5.21 Å². The van der Waals surface area contributed by atoms with Crippen LogP contribution in [0.4, 0.5) is 0 Å². The Kier molecular flexibility index (Phi) is 4.03. The third kappa shape index (κ3) is 3.16. The van der Waals surface area contributed by atoms with E-state index in [4.69, 9.17) is 10.9 Å². The predicted molar refractivity (Wildman–Crippen MR) is 64.7 cm³/mol. The van der Waals surface area contributed by atoms with E-state index in [9.17, 15) is 0 Å². The zero-order valence-corrected chi connectivity index (χ0v) is 10.0. The molecule has 0 aliphatic carbocycles. The van der Waals surface area contributed by atoms with Crippen LogP contribution in [0.15, 0.2) is 28.3 Å². The quantitative estimate of drug-likeness (QED) is 0.273. The molecule has 0 heterocycles. The molecule has 0 radical (unpaired) electrons. The van der Waals surface area contributed by atoms with E-state index >= 15 is 0 Å². The summed E-state index contributed by atoms with van der Waals surface area (Å²) in [5.74, 6) is 0.165. The van der Waals surface area contributed by atoms with Gasteiger partial charge in [-0.1, -0.05) is 25.1 Å². The average molecular weight is 224 g/mol. The molecule has 0 aliphatic rings. The smallest absolute Gasteiger partial charge is 0.171 e. The number of amidine groups is 1. The van der Waals surface area contributed by atoms with Crippen LogP contribution in [0.5, 0.6) is 0 Å². The molecule has 3 N–H and O–H groups in total. The van der Waals surface area contributed by atoms with Gasteiger partial charge in [0.15, 0.2) is 5.84 Å². The van der Waals surface area contributed by atoms with E-state index in [2.05, 4.69) is 25.1 Å². The van der Waals surface area contributed by atoms with Crippen LogP contribution in [0.2, 0.25) is 0 Å². The van der Waals surface area contributed by atoms with Crippen LogP contribution in [-0.4, -0.2) is 16.3 Å². The number of aryl methyl sites for hydroxylation is 1. The Bertz CT molecular complexity index is 375. The molecule has 0 bridgehead atoms. The molecule has 1 aromatic rings. The van der Waals surface area contributed by atoms with E-state index < -0.39 is 0 Å². The molecule has 0 aromatic heterocycles. The van der Waals surface area contributed by atoms with Crippen LogP contribution >= 0.6 is 11.8 Å². The van der Waals surface area contributed by atoms with E-state index in [-0.39, 0.29) is 5.84 Å². The minimum Gasteiger partial charge on any atom is -0.409 e. The molecule has 0 atom stereocenters. The molecule has 1 aromatic carbocycles. The van der Waals surface area contributed by atoms with Crippen molar-refractivity contribution in [2.75, 3.05) is 0 Å². The summed E-state index contributed by atoms with van der Waals surface area (Å²) in [6, 6.07) is 5.89. The fourth-order valence-electron chi connectivity index (χ4n) is 1.25. The van der Waals surface area contributed by atoms with Crippen molar-refractivity contribution in [3.05, 3.63) is 29.3 Å². The van der Waals surface area contributed by atoms with Crippen molar-refractivity contribution in [3.8, 4) is 0 Å². The van der Waals surface area contributed by atoms with Gasteiger partial charge in [0, 0.05) is 15.7 Å². The van der Waals surface area contributed by atoms with Crippen molar-refractivity contribution in [2.45, 2.75) is 30.9 Å². The SMILES string of the molecule is Cc1ccc(C(N)=NO)c(SC(C)C)c1. The largest absolute Gasteiger partial charge is 0.409 e. The molecule has 1 rings (SSSR count). The van der Waals surface area contributed by atoms with E-state index in [1.807, 2.05) is 19.1 Å². The van der Waals surface area contributed by atoms with Gasteiger partial charge < -0.3 is 10.9 Å². The zero-order valence-electron chi connectivity index (χ0n) is 9.19. The highest BCUT2D eigenvalue weighted by molar-refractivity contribution is 8.00. The third-order valence-electron chi connectivity index (χ3n) is 1.88. The molecule has 3 nitrogen and oxygen atoms in total. The first kappa shape index (κ1) is 11.9. The minimum absolute atomic E-state index is 0.165. The monoisotopic (exact) mass is 224 g/mol. The normalized spacial score (nSPS) is 12.1. The molecule has 15 heavy (non-hydrogen) atoms. The van der Waals surface area contributed by atoms with Crippen LogP contribution in [0.25, 0.3) is 0 Å². The highest BCUT2D eigenvalue weighted by Crippen LogP contribution is 2.27. The number of nitrogens with two attached hydrogens (primary N) is 1. The maximum Gasteiger partial charge on any atom is 0.171 e. The first-order valence-electron chi connectivity index (χ1n) is 4.79. The molecular formula is C11H16N2OS. The van der Waals surface area contributed by atoms with Crippen molar-refractivity contribution in [1.82, 2.24) is 0 Å². The van der Waals surface area contributed by atoms with Crippen LogP contribution in [0, 0.1) is 6.92 Å². The molecule has 0 saturated carbocycles. The summed E-state index contributed by atoms with van der Waals surface area (Å²) in [6.45, 7) is 6.26. The zero-order chi connectivity index (χ0) is 11.4. The second-order valence-electron chi connectivity index (χ2n) is 3.65. The lowest BCUT2D eigenvalue weighted by Crippen LogP contribution is -2.14. The second-order valence-corrected chi connectivity index (χ2v) is 5.27. The molecule has 82 valence electrons.